The zero-order chi connectivity index (χ0) is 19.4. The molecule has 0 aliphatic rings. The van der Waals surface area contributed by atoms with Crippen LogP contribution in [-0.2, 0) is 12.8 Å². The number of rotatable bonds is 7. The minimum absolute atomic E-state index is 0.673. The van der Waals surface area contributed by atoms with Gasteiger partial charge in [0.2, 0.25) is 0 Å². The van der Waals surface area contributed by atoms with Crippen LogP contribution in [0.2, 0.25) is 0 Å². The predicted octanol–water partition coefficient (Wildman–Crippen LogP) is 4.47. The van der Waals surface area contributed by atoms with Gasteiger partial charge in [-0.3, -0.25) is 0 Å². The molecule has 2 aromatic heterocycles. The third kappa shape index (κ3) is 4.94. The van der Waals surface area contributed by atoms with Crippen molar-refractivity contribution >= 4 is 0 Å². The van der Waals surface area contributed by atoms with Crippen molar-refractivity contribution < 1.29 is 4.74 Å². The molecule has 0 atom stereocenters. The SMILES string of the molecule is COc1cc(Cc2nc(C)cc(CCC(C)C)n2)ccc1-n1cnc(C)c1. The Morgan fingerprint density at radius 2 is 1.89 bits per heavy atom. The lowest BCUT2D eigenvalue weighted by atomic mass is 10.1. The van der Waals surface area contributed by atoms with Crippen molar-refractivity contribution in [1.29, 1.82) is 0 Å². The van der Waals surface area contributed by atoms with E-state index in [1.807, 2.05) is 24.6 Å². The molecule has 0 bridgehead atoms. The summed E-state index contributed by atoms with van der Waals surface area (Å²) in [7, 11) is 1.69. The second-order valence-electron chi connectivity index (χ2n) is 7.45. The number of nitrogens with zero attached hydrogens (tertiary/aromatic N) is 4. The molecular formula is C22H28N4O. The molecule has 0 N–H and O–H groups in total. The van der Waals surface area contributed by atoms with Crippen LogP contribution in [0.3, 0.4) is 0 Å². The average Bonchev–Trinajstić information content (AvgIpc) is 3.05. The first-order chi connectivity index (χ1) is 12.9. The van der Waals surface area contributed by atoms with Crippen molar-refractivity contribution in [3.8, 4) is 11.4 Å². The quantitative estimate of drug-likeness (QED) is 0.621. The van der Waals surface area contributed by atoms with Crippen molar-refractivity contribution in [3.05, 3.63) is 65.3 Å². The van der Waals surface area contributed by atoms with Gasteiger partial charge in [0.15, 0.2) is 0 Å². The van der Waals surface area contributed by atoms with Crippen LogP contribution < -0.4 is 4.74 Å². The zero-order valence-electron chi connectivity index (χ0n) is 16.9. The third-order valence-corrected chi connectivity index (χ3v) is 4.53. The molecule has 0 aliphatic heterocycles. The topological polar surface area (TPSA) is 52.8 Å². The van der Waals surface area contributed by atoms with Gasteiger partial charge in [0.25, 0.3) is 0 Å². The van der Waals surface area contributed by atoms with Crippen molar-refractivity contribution in [2.45, 2.75) is 47.0 Å². The Hall–Kier alpha value is -2.69. The van der Waals surface area contributed by atoms with Gasteiger partial charge in [-0.05, 0) is 56.4 Å². The summed E-state index contributed by atoms with van der Waals surface area (Å²) < 4.78 is 7.59. The van der Waals surface area contributed by atoms with E-state index < -0.39 is 0 Å². The van der Waals surface area contributed by atoms with E-state index in [2.05, 4.69) is 48.1 Å². The Morgan fingerprint density at radius 1 is 1.07 bits per heavy atom. The highest BCUT2D eigenvalue weighted by molar-refractivity contribution is 5.49. The Morgan fingerprint density at radius 3 is 2.56 bits per heavy atom. The second kappa shape index (κ2) is 8.33. The molecule has 5 heteroatoms. The monoisotopic (exact) mass is 364 g/mol. The second-order valence-corrected chi connectivity index (χ2v) is 7.45. The highest BCUT2D eigenvalue weighted by Gasteiger charge is 2.10. The normalized spacial score (nSPS) is 11.2. The molecule has 0 aliphatic carbocycles. The molecule has 2 heterocycles. The van der Waals surface area contributed by atoms with E-state index in [1.54, 1.807) is 13.4 Å². The van der Waals surface area contributed by atoms with Crippen LogP contribution in [0.4, 0.5) is 0 Å². The number of ether oxygens (including phenoxy) is 1. The van der Waals surface area contributed by atoms with Crippen LogP contribution in [0.5, 0.6) is 5.75 Å². The first kappa shape index (κ1) is 19.1. The first-order valence-corrected chi connectivity index (χ1v) is 9.46. The van der Waals surface area contributed by atoms with Gasteiger partial charge in [0, 0.05) is 24.0 Å². The Kier molecular flexibility index (Phi) is 5.89. The maximum Gasteiger partial charge on any atom is 0.143 e. The molecule has 0 fully saturated rings. The fraction of sp³-hybridized carbons (Fsp3) is 0.409. The van der Waals surface area contributed by atoms with Gasteiger partial charge in [-0.2, -0.15) is 0 Å². The van der Waals surface area contributed by atoms with E-state index in [0.717, 1.165) is 52.7 Å². The molecule has 0 spiro atoms. The van der Waals surface area contributed by atoms with Crippen molar-refractivity contribution in [2.24, 2.45) is 5.92 Å². The fourth-order valence-corrected chi connectivity index (χ4v) is 3.12. The van der Waals surface area contributed by atoms with E-state index in [4.69, 9.17) is 9.72 Å². The van der Waals surface area contributed by atoms with Gasteiger partial charge in [0.05, 0.1) is 24.8 Å². The Bertz CT molecular complexity index is 914. The number of imidazole rings is 1. The van der Waals surface area contributed by atoms with Gasteiger partial charge in [-0.25, -0.2) is 15.0 Å². The van der Waals surface area contributed by atoms with Gasteiger partial charge in [-0.15, -0.1) is 0 Å². The van der Waals surface area contributed by atoms with Crippen molar-refractivity contribution in [1.82, 2.24) is 19.5 Å². The standard InChI is InChI=1S/C22H28N4O/c1-15(2)6-8-19-10-16(3)24-22(25-19)12-18-7-9-20(21(11-18)27-5)26-13-17(4)23-14-26/h7,9-11,13-15H,6,8,12H2,1-5H3. The summed E-state index contributed by atoms with van der Waals surface area (Å²) in [6.07, 6.45) is 6.62. The molecule has 0 saturated carbocycles. The first-order valence-electron chi connectivity index (χ1n) is 9.46. The minimum atomic E-state index is 0.673. The van der Waals surface area contributed by atoms with Crippen molar-refractivity contribution in [2.75, 3.05) is 7.11 Å². The maximum atomic E-state index is 5.61. The minimum Gasteiger partial charge on any atom is -0.495 e. The maximum absolute atomic E-state index is 5.61. The summed E-state index contributed by atoms with van der Waals surface area (Å²) in [4.78, 5) is 13.7. The molecule has 3 aromatic rings. The van der Waals surface area contributed by atoms with Gasteiger partial charge >= 0.3 is 0 Å². The summed E-state index contributed by atoms with van der Waals surface area (Å²) in [5.74, 6) is 2.35. The lowest BCUT2D eigenvalue weighted by Crippen LogP contribution is -2.04. The molecule has 0 amide bonds. The highest BCUT2D eigenvalue weighted by atomic mass is 16.5. The largest absolute Gasteiger partial charge is 0.495 e. The van der Waals surface area contributed by atoms with Gasteiger partial charge in [0.1, 0.15) is 11.6 Å². The molecule has 5 nitrogen and oxygen atoms in total. The van der Waals surface area contributed by atoms with Crippen LogP contribution in [-0.4, -0.2) is 26.6 Å². The molecule has 142 valence electrons. The number of aromatic nitrogens is 4. The summed E-state index contributed by atoms with van der Waals surface area (Å²) in [5.41, 5.74) is 5.24. The summed E-state index contributed by atoms with van der Waals surface area (Å²) in [6.45, 7) is 8.49. The molecule has 1 aromatic carbocycles. The van der Waals surface area contributed by atoms with E-state index in [0.29, 0.717) is 12.3 Å². The number of aryl methyl sites for hydroxylation is 3. The molecule has 0 unspecified atom stereocenters. The predicted molar refractivity (Wildman–Crippen MR) is 108 cm³/mol. The molecule has 0 saturated heterocycles. The van der Waals surface area contributed by atoms with Crippen LogP contribution in [0.25, 0.3) is 5.69 Å². The summed E-state index contributed by atoms with van der Waals surface area (Å²) >= 11 is 0. The van der Waals surface area contributed by atoms with Crippen LogP contribution in [0, 0.1) is 19.8 Å². The molecule has 0 radical (unpaired) electrons. The van der Waals surface area contributed by atoms with E-state index >= 15 is 0 Å². The molecular weight excluding hydrogens is 336 g/mol. The Balaban J connectivity index is 1.83. The molecule has 3 rings (SSSR count). The lowest BCUT2D eigenvalue weighted by molar-refractivity contribution is 0.412. The van der Waals surface area contributed by atoms with Crippen molar-refractivity contribution in [3.63, 3.8) is 0 Å². The van der Waals surface area contributed by atoms with Crippen LogP contribution in [0.1, 0.15) is 48.7 Å². The fourth-order valence-electron chi connectivity index (χ4n) is 3.12. The smallest absolute Gasteiger partial charge is 0.143 e. The van der Waals surface area contributed by atoms with Gasteiger partial charge in [-0.1, -0.05) is 19.9 Å². The number of hydrogen-bond acceptors (Lipinski definition) is 4. The van der Waals surface area contributed by atoms with E-state index in [9.17, 15) is 0 Å². The lowest BCUT2D eigenvalue weighted by Gasteiger charge is -2.12. The molecule has 27 heavy (non-hydrogen) atoms. The number of methoxy groups -OCH3 is 1. The zero-order valence-corrected chi connectivity index (χ0v) is 16.9. The van der Waals surface area contributed by atoms with Crippen LogP contribution >= 0.6 is 0 Å². The van der Waals surface area contributed by atoms with E-state index in [-0.39, 0.29) is 0 Å². The summed E-state index contributed by atoms with van der Waals surface area (Å²) in [5, 5.41) is 0. The summed E-state index contributed by atoms with van der Waals surface area (Å²) in [6, 6.07) is 8.32. The van der Waals surface area contributed by atoms with Gasteiger partial charge < -0.3 is 9.30 Å². The number of benzene rings is 1. The third-order valence-electron chi connectivity index (χ3n) is 4.53. The highest BCUT2D eigenvalue weighted by Crippen LogP contribution is 2.25. The average molecular weight is 364 g/mol. The van der Waals surface area contributed by atoms with Crippen LogP contribution in [0.15, 0.2) is 36.8 Å². The van der Waals surface area contributed by atoms with E-state index in [1.165, 1.54) is 0 Å². The Labute approximate surface area is 161 Å². The number of hydrogen-bond donors (Lipinski definition) is 0.